The number of ether oxygens (including phenoxy) is 2. The van der Waals surface area contributed by atoms with E-state index in [2.05, 4.69) is 15.4 Å². The predicted molar refractivity (Wildman–Crippen MR) is 80.1 cm³/mol. The van der Waals surface area contributed by atoms with Gasteiger partial charge in [0.15, 0.2) is 0 Å². The maximum absolute atomic E-state index is 11.6. The van der Waals surface area contributed by atoms with E-state index < -0.39 is 12.2 Å². The van der Waals surface area contributed by atoms with Crippen LogP contribution >= 0.6 is 0 Å². The molecule has 0 unspecified atom stereocenters. The number of primary amides is 1. The van der Waals surface area contributed by atoms with Gasteiger partial charge >= 0.3 is 12.2 Å². The van der Waals surface area contributed by atoms with Crippen molar-refractivity contribution >= 4 is 12.2 Å². The van der Waals surface area contributed by atoms with Crippen LogP contribution in [0.3, 0.4) is 0 Å². The van der Waals surface area contributed by atoms with Crippen molar-refractivity contribution < 1.29 is 19.1 Å². The van der Waals surface area contributed by atoms with Crippen molar-refractivity contribution in [2.45, 2.75) is 31.5 Å². The van der Waals surface area contributed by atoms with Gasteiger partial charge in [0.2, 0.25) is 0 Å². The third-order valence-electron chi connectivity index (χ3n) is 3.45. The monoisotopic (exact) mass is 307 g/mol. The van der Waals surface area contributed by atoms with E-state index in [0.29, 0.717) is 12.6 Å². The van der Waals surface area contributed by atoms with Crippen LogP contribution < -0.4 is 16.4 Å². The molecule has 7 nitrogen and oxygen atoms in total. The Morgan fingerprint density at radius 3 is 2.55 bits per heavy atom. The van der Waals surface area contributed by atoms with Gasteiger partial charge in [0.1, 0.15) is 13.2 Å². The van der Waals surface area contributed by atoms with Crippen molar-refractivity contribution in [1.29, 1.82) is 0 Å². The van der Waals surface area contributed by atoms with Gasteiger partial charge in [0, 0.05) is 18.6 Å². The zero-order valence-electron chi connectivity index (χ0n) is 12.3. The zero-order chi connectivity index (χ0) is 15.8. The minimum absolute atomic E-state index is 0.123. The van der Waals surface area contributed by atoms with E-state index in [1.54, 1.807) is 0 Å². The van der Waals surface area contributed by atoms with Gasteiger partial charge in [-0.2, -0.15) is 0 Å². The molecule has 0 heterocycles. The number of nitrogens with two attached hydrogens (primary N) is 1. The van der Waals surface area contributed by atoms with Gasteiger partial charge in [-0.05, 0) is 18.4 Å². The van der Waals surface area contributed by atoms with E-state index >= 15 is 0 Å². The zero-order valence-corrected chi connectivity index (χ0v) is 12.3. The number of hydrogen-bond donors (Lipinski definition) is 3. The lowest BCUT2D eigenvalue weighted by Gasteiger charge is -2.36. The summed E-state index contributed by atoms with van der Waals surface area (Å²) in [6, 6.07) is 9.98. The first-order chi connectivity index (χ1) is 10.6. The van der Waals surface area contributed by atoms with Crippen LogP contribution in [0.25, 0.3) is 0 Å². The molecular weight excluding hydrogens is 286 g/mol. The molecule has 1 aromatic rings. The van der Waals surface area contributed by atoms with E-state index in [-0.39, 0.29) is 19.3 Å². The molecule has 0 radical (unpaired) electrons. The molecule has 1 aliphatic carbocycles. The first-order valence-electron chi connectivity index (χ1n) is 7.26. The number of benzene rings is 1. The number of nitrogens with one attached hydrogen (secondary N) is 2. The summed E-state index contributed by atoms with van der Waals surface area (Å²) in [6.45, 7) is 1.08. The molecule has 0 spiro atoms. The summed E-state index contributed by atoms with van der Waals surface area (Å²) in [5, 5.41) is 6.03. The van der Waals surface area contributed by atoms with Gasteiger partial charge in [0.25, 0.3) is 0 Å². The summed E-state index contributed by atoms with van der Waals surface area (Å²) in [7, 11) is 0. The molecular formula is C15H21N3O4. The van der Waals surface area contributed by atoms with E-state index in [0.717, 1.165) is 18.4 Å². The molecule has 120 valence electrons. The Bertz CT molecular complexity index is 489. The molecule has 0 aliphatic heterocycles. The summed E-state index contributed by atoms with van der Waals surface area (Å²) in [5.74, 6) is 0. The normalized spacial score (nSPS) is 19.8. The van der Waals surface area contributed by atoms with Gasteiger partial charge in [-0.25, -0.2) is 9.59 Å². The van der Waals surface area contributed by atoms with Crippen molar-refractivity contribution in [3.05, 3.63) is 35.9 Å². The van der Waals surface area contributed by atoms with Crippen molar-refractivity contribution in [2.75, 3.05) is 13.2 Å². The topological polar surface area (TPSA) is 103 Å². The van der Waals surface area contributed by atoms with Crippen LogP contribution in [0, 0.1) is 0 Å². The summed E-state index contributed by atoms with van der Waals surface area (Å²) in [6.07, 6.45) is 0.495. The Morgan fingerprint density at radius 2 is 1.86 bits per heavy atom. The first kappa shape index (κ1) is 16.1. The van der Waals surface area contributed by atoms with Crippen LogP contribution in [-0.4, -0.2) is 37.4 Å². The quantitative estimate of drug-likeness (QED) is 0.655. The average Bonchev–Trinajstić information content (AvgIpc) is 2.47. The van der Waals surface area contributed by atoms with Crippen LogP contribution in [-0.2, 0) is 16.1 Å². The van der Waals surface area contributed by atoms with Gasteiger partial charge < -0.3 is 25.8 Å². The van der Waals surface area contributed by atoms with E-state index in [9.17, 15) is 9.59 Å². The fraction of sp³-hybridized carbons (Fsp3) is 0.467. The lowest BCUT2D eigenvalue weighted by Crippen LogP contribution is -2.53. The fourth-order valence-corrected chi connectivity index (χ4v) is 2.25. The highest BCUT2D eigenvalue weighted by molar-refractivity contribution is 5.67. The molecule has 1 fully saturated rings. The molecule has 0 saturated heterocycles. The minimum atomic E-state index is -0.767. The number of amides is 2. The summed E-state index contributed by atoms with van der Waals surface area (Å²) in [5.41, 5.74) is 5.81. The van der Waals surface area contributed by atoms with Crippen LogP contribution in [0.4, 0.5) is 9.59 Å². The van der Waals surface area contributed by atoms with Gasteiger partial charge in [-0.3, -0.25) is 0 Å². The Labute approximate surface area is 129 Å². The summed E-state index contributed by atoms with van der Waals surface area (Å²) in [4.78, 5) is 22.0. The van der Waals surface area contributed by atoms with Crippen LogP contribution in [0.1, 0.15) is 18.4 Å². The summed E-state index contributed by atoms with van der Waals surface area (Å²) < 4.78 is 9.77. The van der Waals surface area contributed by atoms with Crippen LogP contribution in [0.5, 0.6) is 0 Å². The molecule has 2 rings (SSSR count). The molecule has 1 saturated carbocycles. The second kappa shape index (κ2) is 8.23. The molecule has 0 aromatic heterocycles. The van der Waals surface area contributed by atoms with Crippen molar-refractivity contribution in [3.8, 4) is 0 Å². The molecule has 4 N–H and O–H groups in total. The molecule has 1 aliphatic rings. The number of carbonyl (C=O) groups excluding carboxylic acids is 2. The van der Waals surface area contributed by atoms with E-state index in [1.807, 2.05) is 30.3 Å². The maximum atomic E-state index is 11.6. The van der Waals surface area contributed by atoms with Crippen molar-refractivity contribution in [3.63, 3.8) is 0 Å². The van der Waals surface area contributed by atoms with E-state index in [1.165, 1.54) is 0 Å². The van der Waals surface area contributed by atoms with E-state index in [4.69, 9.17) is 10.5 Å². The second-order valence-corrected chi connectivity index (χ2v) is 5.19. The van der Waals surface area contributed by atoms with Crippen LogP contribution in [0.15, 0.2) is 30.3 Å². The maximum Gasteiger partial charge on any atom is 0.407 e. The third-order valence-corrected chi connectivity index (χ3v) is 3.45. The van der Waals surface area contributed by atoms with Crippen LogP contribution in [0.2, 0.25) is 0 Å². The Kier molecular flexibility index (Phi) is 6.02. The average molecular weight is 307 g/mol. The lowest BCUT2D eigenvalue weighted by molar-refractivity contribution is 0.123. The molecule has 2 amide bonds. The second-order valence-electron chi connectivity index (χ2n) is 5.19. The summed E-state index contributed by atoms with van der Waals surface area (Å²) >= 11 is 0. The van der Waals surface area contributed by atoms with Gasteiger partial charge in [-0.1, -0.05) is 30.3 Å². The lowest BCUT2D eigenvalue weighted by atomic mass is 9.87. The molecule has 22 heavy (non-hydrogen) atoms. The number of alkyl carbamates (subject to hydrolysis) is 1. The number of rotatable bonds is 7. The Morgan fingerprint density at radius 1 is 1.14 bits per heavy atom. The number of hydrogen-bond acceptors (Lipinski definition) is 5. The molecule has 0 bridgehead atoms. The largest absolute Gasteiger partial charge is 0.448 e. The highest BCUT2D eigenvalue weighted by Gasteiger charge is 2.30. The number of carbonyl (C=O) groups is 2. The first-order valence-corrected chi connectivity index (χ1v) is 7.26. The van der Waals surface area contributed by atoms with Crippen molar-refractivity contribution in [1.82, 2.24) is 10.6 Å². The Balaban J connectivity index is 1.52. The fourth-order valence-electron chi connectivity index (χ4n) is 2.25. The van der Waals surface area contributed by atoms with Gasteiger partial charge in [0.05, 0.1) is 0 Å². The molecule has 1 aromatic carbocycles. The molecule has 0 atom stereocenters. The Hall–Kier alpha value is -2.28. The van der Waals surface area contributed by atoms with Gasteiger partial charge in [-0.15, -0.1) is 0 Å². The third kappa shape index (κ3) is 5.61. The SMILES string of the molecule is NC(=O)OCCNC1CC(NC(=O)OCc2ccccc2)C1. The minimum Gasteiger partial charge on any atom is -0.448 e. The standard InChI is InChI=1S/C15H21N3O4/c16-14(19)21-7-6-17-12-8-13(9-12)18-15(20)22-10-11-4-2-1-3-5-11/h1-5,12-13,17H,6-10H2,(H2,16,19)(H,18,20). The predicted octanol–water partition coefficient (Wildman–Crippen LogP) is 1.13. The molecule has 7 heteroatoms. The van der Waals surface area contributed by atoms with Crippen molar-refractivity contribution in [2.24, 2.45) is 5.73 Å². The highest BCUT2D eigenvalue weighted by atomic mass is 16.5. The highest BCUT2D eigenvalue weighted by Crippen LogP contribution is 2.19. The smallest absolute Gasteiger partial charge is 0.407 e.